The summed E-state index contributed by atoms with van der Waals surface area (Å²) < 4.78 is 33.3. The number of H-pyrrole nitrogens is 1. The second kappa shape index (κ2) is 10.4. The minimum absolute atomic E-state index is 0.00581. The van der Waals surface area contributed by atoms with Crippen molar-refractivity contribution in [1.29, 1.82) is 0 Å². The highest BCUT2D eigenvalue weighted by atomic mass is 79.9. The van der Waals surface area contributed by atoms with Gasteiger partial charge in [0, 0.05) is 28.5 Å². The van der Waals surface area contributed by atoms with Crippen molar-refractivity contribution in [2.75, 3.05) is 0 Å². The molecule has 0 aliphatic carbocycles. The first-order valence-electron chi connectivity index (χ1n) is 10.4. The molecular formula is C24H23BrF2N4O4. The van der Waals surface area contributed by atoms with E-state index in [1.165, 1.54) is 32.0 Å². The fraction of sp³-hybridized carbons (Fsp3) is 0.208. The summed E-state index contributed by atoms with van der Waals surface area (Å²) in [4.78, 5) is 39.4. The Kier molecular flexibility index (Phi) is 7.71. The van der Waals surface area contributed by atoms with Gasteiger partial charge >= 0.3 is 0 Å². The van der Waals surface area contributed by atoms with Crippen LogP contribution in [0.5, 0.6) is 5.75 Å². The van der Waals surface area contributed by atoms with Crippen molar-refractivity contribution in [3.8, 4) is 16.9 Å². The molecule has 8 nitrogen and oxygen atoms in total. The van der Waals surface area contributed by atoms with E-state index in [0.717, 1.165) is 12.1 Å². The number of halogens is 3. The van der Waals surface area contributed by atoms with E-state index in [1.807, 2.05) is 0 Å². The third-order valence-corrected chi connectivity index (χ3v) is 5.75. The summed E-state index contributed by atoms with van der Waals surface area (Å²) in [5, 5.41) is 2.65. The van der Waals surface area contributed by atoms with Crippen LogP contribution in [0, 0.1) is 11.6 Å². The molecule has 0 bridgehead atoms. The molecule has 184 valence electrons. The van der Waals surface area contributed by atoms with Gasteiger partial charge < -0.3 is 26.5 Å². The van der Waals surface area contributed by atoms with Gasteiger partial charge in [0.05, 0.1) is 12.1 Å². The minimum Gasteiger partial charge on any atom is -0.487 e. The molecule has 0 aliphatic heterocycles. The van der Waals surface area contributed by atoms with Crippen LogP contribution in [0.3, 0.4) is 0 Å². The lowest BCUT2D eigenvalue weighted by molar-refractivity contribution is -0.125. The molecule has 0 radical (unpaired) electrons. The van der Waals surface area contributed by atoms with Crippen LogP contribution in [-0.4, -0.2) is 22.3 Å². The SMILES string of the molecule is CC(C)(N)C(=O)NCc1[nH]c(=O)c(Br)c(OCc2ccc(F)cc2F)c1-c1cccc(C(N)=O)c1. The molecule has 0 fully saturated rings. The van der Waals surface area contributed by atoms with Gasteiger partial charge in [-0.3, -0.25) is 14.4 Å². The first-order chi connectivity index (χ1) is 16.4. The van der Waals surface area contributed by atoms with Crippen LogP contribution >= 0.6 is 15.9 Å². The highest BCUT2D eigenvalue weighted by molar-refractivity contribution is 9.10. The predicted molar refractivity (Wildman–Crippen MR) is 130 cm³/mol. The second-order valence-electron chi connectivity index (χ2n) is 8.32. The van der Waals surface area contributed by atoms with Gasteiger partial charge in [0.15, 0.2) is 0 Å². The van der Waals surface area contributed by atoms with E-state index in [9.17, 15) is 23.2 Å². The number of rotatable bonds is 8. The van der Waals surface area contributed by atoms with Gasteiger partial charge in [-0.25, -0.2) is 8.78 Å². The Bertz CT molecular complexity index is 1350. The zero-order valence-electron chi connectivity index (χ0n) is 18.9. The first-order valence-corrected chi connectivity index (χ1v) is 11.2. The molecule has 6 N–H and O–H groups in total. The van der Waals surface area contributed by atoms with Crippen molar-refractivity contribution in [2.45, 2.75) is 32.5 Å². The average Bonchev–Trinajstić information content (AvgIpc) is 2.78. The Labute approximate surface area is 207 Å². The van der Waals surface area contributed by atoms with Crippen LogP contribution in [0.2, 0.25) is 0 Å². The number of amides is 2. The monoisotopic (exact) mass is 548 g/mol. The maximum absolute atomic E-state index is 14.2. The Morgan fingerprint density at radius 3 is 2.51 bits per heavy atom. The van der Waals surface area contributed by atoms with Crippen molar-refractivity contribution in [3.63, 3.8) is 0 Å². The Morgan fingerprint density at radius 1 is 1.17 bits per heavy atom. The van der Waals surface area contributed by atoms with E-state index in [2.05, 4.69) is 26.2 Å². The number of carbonyl (C=O) groups is 2. The van der Waals surface area contributed by atoms with Crippen LogP contribution < -0.4 is 27.1 Å². The normalized spacial score (nSPS) is 11.3. The van der Waals surface area contributed by atoms with Crippen molar-refractivity contribution in [2.24, 2.45) is 11.5 Å². The molecule has 0 saturated heterocycles. The van der Waals surface area contributed by atoms with Crippen molar-refractivity contribution >= 4 is 27.7 Å². The molecule has 0 atom stereocenters. The quantitative estimate of drug-likeness (QED) is 0.342. The molecule has 0 aliphatic rings. The molecule has 35 heavy (non-hydrogen) atoms. The molecule has 1 heterocycles. The highest BCUT2D eigenvalue weighted by Gasteiger charge is 2.24. The summed E-state index contributed by atoms with van der Waals surface area (Å²) >= 11 is 3.20. The smallest absolute Gasteiger partial charge is 0.266 e. The van der Waals surface area contributed by atoms with Gasteiger partial charge in [0.2, 0.25) is 11.8 Å². The number of ether oxygens (including phenoxy) is 1. The van der Waals surface area contributed by atoms with E-state index in [1.54, 1.807) is 12.1 Å². The summed E-state index contributed by atoms with van der Waals surface area (Å²) in [6, 6.07) is 9.27. The second-order valence-corrected chi connectivity index (χ2v) is 9.12. The van der Waals surface area contributed by atoms with E-state index in [-0.39, 0.29) is 40.2 Å². The number of aromatic amines is 1. The summed E-state index contributed by atoms with van der Waals surface area (Å²) in [5.41, 5.74) is 10.7. The van der Waals surface area contributed by atoms with Gasteiger partial charge in [-0.1, -0.05) is 12.1 Å². The van der Waals surface area contributed by atoms with Gasteiger partial charge in [-0.2, -0.15) is 0 Å². The number of carbonyl (C=O) groups excluding carboxylic acids is 2. The predicted octanol–water partition coefficient (Wildman–Crippen LogP) is 3.11. The number of nitrogens with one attached hydrogen (secondary N) is 2. The topological polar surface area (TPSA) is 140 Å². The zero-order chi connectivity index (χ0) is 25.9. The van der Waals surface area contributed by atoms with E-state index in [4.69, 9.17) is 16.2 Å². The molecule has 11 heteroatoms. The Hall–Kier alpha value is -3.57. The largest absolute Gasteiger partial charge is 0.487 e. The van der Waals surface area contributed by atoms with Crippen LogP contribution in [0.1, 0.15) is 35.5 Å². The van der Waals surface area contributed by atoms with E-state index >= 15 is 0 Å². The van der Waals surface area contributed by atoms with Gasteiger partial charge in [-0.05, 0) is 59.6 Å². The lowest BCUT2D eigenvalue weighted by atomic mass is 9.99. The number of primary amides is 1. The number of benzene rings is 2. The van der Waals surface area contributed by atoms with Crippen molar-refractivity contribution in [1.82, 2.24) is 10.3 Å². The third-order valence-electron chi connectivity index (χ3n) is 5.03. The summed E-state index contributed by atoms with van der Waals surface area (Å²) in [6.45, 7) is 2.57. The number of nitrogens with two attached hydrogens (primary N) is 2. The van der Waals surface area contributed by atoms with Crippen molar-refractivity contribution < 1.29 is 23.1 Å². The van der Waals surface area contributed by atoms with Crippen LogP contribution in [0.25, 0.3) is 11.1 Å². The molecule has 0 saturated carbocycles. The molecule has 1 aromatic heterocycles. The number of hydrogen-bond donors (Lipinski definition) is 4. The summed E-state index contributed by atoms with van der Waals surface area (Å²) in [5.74, 6) is -2.69. The molecule has 0 spiro atoms. The lowest BCUT2D eigenvalue weighted by Gasteiger charge is -2.21. The number of hydrogen-bond acceptors (Lipinski definition) is 5. The maximum atomic E-state index is 14.2. The number of aromatic nitrogens is 1. The molecule has 3 aromatic rings. The Morgan fingerprint density at radius 2 is 1.89 bits per heavy atom. The fourth-order valence-corrected chi connectivity index (χ4v) is 3.60. The minimum atomic E-state index is -1.18. The van der Waals surface area contributed by atoms with Crippen LogP contribution in [0.15, 0.2) is 51.7 Å². The van der Waals surface area contributed by atoms with E-state index in [0.29, 0.717) is 11.1 Å². The maximum Gasteiger partial charge on any atom is 0.266 e. The third kappa shape index (κ3) is 6.11. The van der Waals surface area contributed by atoms with Gasteiger partial charge in [0.25, 0.3) is 5.56 Å². The fourth-order valence-electron chi connectivity index (χ4n) is 3.19. The van der Waals surface area contributed by atoms with Gasteiger partial charge in [0.1, 0.15) is 28.5 Å². The first kappa shape index (κ1) is 26.0. The lowest BCUT2D eigenvalue weighted by Crippen LogP contribution is -2.48. The van der Waals surface area contributed by atoms with Crippen LogP contribution in [0.4, 0.5) is 8.78 Å². The standard InChI is InChI=1S/C24H23BrF2N4O4/c1-24(2,29)23(34)30-10-17-18(12-4-3-5-13(8-12)21(28)32)20(19(25)22(33)31-17)35-11-14-6-7-15(26)9-16(14)27/h3-9H,10-11,29H2,1-2H3,(H2,28,32)(H,30,34)(H,31,33). The number of pyridine rings is 1. The van der Waals surface area contributed by atoms with Gasteiger partial charge in [-0.15, -0.1) is 0 Å². The van der Waals surface area contributed by atoms with E-state index < -0.39 is 34.5 Å². The highest BCUT2D eigenvalue weighted by Crippen LogP contribution is 2.37. The molecule has 2 aromatic carbocycles. The average molecular weight is 549 g/mol. The molecular weight excluding hydrogens is 526 g/mol. The summed E-state index contributed by atoms with van der Waals surface area (Å²) in [6.07, 6.45) is 0. The molecule has 3 rings (SSSR count). The van der Waals surface area contributed by atoms with Crippen LogP contribution in [-0.2, 0) is 17.9 Å². The molecule has 0 unspecified atom stereocenters. The Balaban J connectivity index is 2.13. The van der Waals surface area contributed by atoms with Crippen molar-refractivity contribution in [3.05, 3.63) is 85.7 Å². The molecule has 2 amide bonds. The summed E-state index contributed by atoms with van der Waals surface area (Å²) in [7, 11) is 0. The zero-order valence-corrected chi connectivity index (χ0v) is 20.5.